The molecule has 1 spiro atoms. The number of methoxy groups -OCH3 is 2. The Bertz CT molecular complexity index is 894. The van der Waals surface area contributed by atoms with Crippen LogP contribution in [0.3, 0.4) is 0 Å². The van der Waals surface area contributed by atoms with Crippen molar-refractivity contribution in [2.45, 2.75) is 43.7 Å². The van der Waals surface area contributed by atoms with Crippen molar-refractivity contribution < 1.29 is 19.3 Å². The summed E-state index contributed by atoms with van der Waals surface area (Å²) < 4.78 is 18.0. The Balaban J connectivity index is 1.86. The van der Waals surface area contributed by atoms with Gasteiger partial charge in [-0.15, -0.1) is 0 Å². The number of likely N-dealkylation sites (N-methyl/N-ethyl adjacent to an activating group) is 1. The molecule has 27 heavy (non-hydrogen) atoms. The van der Waals surface area contributed by atoms with Crippen LogP contribution in [0.15, 0.2) is 35.3 Å². The summed E-state index contributed by atoms with van der Waals surface area (Å²) >= 11 is 0. The summed E-state index contributed by atoms with van der Waals surface area (Å²) in [7, 11) is 5.55. The summed E-state index contributed by atoms with van der Waals surface area (Å²) in [5, 5.41) is 10.9. The number of likely N-dealkylation sites (tertiary alicyclic amines) is 1. The van der Waals surface area contributed by atoms with Gasteiger partial charge in [-0.1, -0.05) is 12.1 Å². The molecule has 0 unspecified atom stereocenters. The standard InChI is InChI=1S/C22H27NO4/c1-21(2,24)14-11-13-15-10-12-6-7-16(25-4)19-17(12)22(13,8-9-23(15)3)20(27-19)18(14)26-5/h6-7,11,14-15,24H,8-10H2,1-5H3/t14-,15-,22+/m1/s1. The van der Waals surface area contributed by atoms with E-state index in [0.29, 0.717) is 6.04 Å². The highest BCUT2D eigenvalue weighted by molar-refractivity contribution is 5.70. The molecule has 1 saturated heterocycles. The summed E-state index contributed by atoms with van der Waals surface area (Å²) in [6.07, 6.45) is 4.15. The van der Waals surface area contributed by atoms with Gasteiger partial charge in [0.1, 0.15) is 5.76 Å². The molecule has 0 aromatic heterocycles. The molecule has 0 saturated carbocycles. The Kier molecular flexibility index (Phi) is 3.36. The van der Waals surface area contributed by atoms with Gasteiger partial charge in [0, 0.05) is 18.2 Å². The van der Waals surface area contributed by atoms with E-state index in [9.17, 15) is 5.11 Å². The van der Waals surface area contributed by atoms with E-state index in [1.54, 1.807) is 14.2 Å². The van der Waals surface area contributed by atoms with E-state index in [4.69, 9.17) is 14.2 Å². The van der Waals surface area contributed by atoms with Gasteiger partial charge in [0.05, 0.1) is 31.2 Å². The van der Waals surface area contributed by atoms with Crippen molar-refractivity contribution >= 4 is 0 Å². The first-order valence-corrected chi connectivity index (χ1v) is 9.64. The van der Waals surface area contributed by atoms with Crippen LogP contribution in [0, 0.1) is 5.92 Å². The normalized spacial score (nSPS) is 31.3. The molecule has 5 nitrogen and oxygen atoms in total. The highest BCUT2D eigenvalue weighted by atomic mass is 16.5. The molecule has 2 aliphatic heterocycles. The van der Waals surface area contributed by atoms with Crippen molar-refractivity contribution in [3.05, 3.63) is 46.4 Å². The van der Waals surface area contributed by atoms with Crippen LogP contribution in [-0.2, 0) is 16.6 Å². The van der Waals surface area contributed by atoms with Crippen LogP contribution in [0.2, 0.25) is 0 Å². The second kappa shape index (κ2) is 5.30. The predicted molar refractivity (Wildman–Crippen MR) is 102 cm³/mol. The fraction of sp³-hybridized carbons (Fsp3) is 0.545. The van der Waals surface area contributed by atoms with Crippen LogP contribution in [0.25, 0.3) is 0 Å². The van der Waals surface area contributed by atoms with Crippen molar-refractivity contribution in [2.75, 3.05) is 27.8 Å². The van der Waals surface area contributed by atoms with Gasteiger partial charge < -0.3 is 19.3 Å². The second-order valence-corrected chi connectivity index (χ2v) is 8.74. The zero-order chi connectivity index (χ0) is 19.1. The molecule has 1 aromatic rings. The second-order valence-electron chi connectivity index (χ2n) is 8.74. The maximum Gasteiger partial charge on any atom is 0.173 e. The number of benzene rings is 1. The van der Waals surface area contributed by atoms with Gasteiger partial charge in [-0.25, -0.2) is 0 Å². The molecule has 2 aliphatic carbocycles. The van der Waals surface area contributed by atoms with Gasteiger partial charge in [-0.05, 0) is 50.9 Å². The lowest BCUT2D eigenvalue weighted by molar-refractivity contribution is 0.0196. The first kappa shape index (κ1) is 17.1. The number of piperidine rings is 1. The molecule has 2 bridgehead atoms. The average molecular weight is 369 g/mol. The van der Waals surface area contributed by atoms with Crippen LogP contribution in [0.1, 0.15) is 31.4 Å². The third kappa shape index (κ3) is 1.96. The quantitative estimate of drug-likeness (QED) is 0.831. The Morgan fingerprint density at radius 2 is 2.04 bits per heavy atom. The van der Waals surface area contributed by atoms with Crippen molar-refractivity contribution in [1.29, 1.82) is 0 Å². The number of nitrogens with zero attached hydrogens (tertiary/aromatic N) is 1. The smallest absolute Gasteiger partial charge is 0.173 e. The molecule has 144 valence electrons. The number of hydrogen-bond acceptors (Lipinski definition) is 5. The lowest BCUT2D eigenvalue weighted by atomic mass is 9.57. The van der Waals surface area contributed by atoms with E-state index in [-0.39, 0.29) is 11.3 Å². The third-order valence-electron chi connectivity index (χ3n) is 6.92. The molecular formula is C22H27NO4. The highest BCUT2D eigenvalue weighted by Crippen LogP contribution is 2.64. The van der Waals surface area contributed by atoms with Crippen LogP contribution < -0.4 is 9.47 Å². The van der Waals surface area contributed by atoms with Crippen molar-refractivity contribution in [2.24, 2.45) is 5.92 Å². The Labute approximate surface area is 160 Å². The zero-order valence-electron chi connectivity index (χ0n) is 16.6. The molecular weight excluding hydrogens is 342 g/mol. The maximum absolute atomic E-state index is 10.9. The minimum absolute atomic E-state index is 0.239. The van der Waals surface area contributed by atoms with E-state index in [0.717, 1.165) is 42.4 Å². The van der Waals surface area contributed by atoms with Gasteiger partial charge in [0.25, 0.3) is 0 Å². The molecule has 0 radical (unpaired) electrons. The van der Waals surface area contributed by atoms with Crippen LogP contribution >= 0.6 is 0 Å². The fourth-order valence-corrected chi connectivity index (χ4v) is 5.62. The largest absolute Gasteiger partial charge is 0.497 e. The molecule has 3 atom stereocenters. The Morgan fingerprint density at radius 1 is 1.26 bits per heavy atom. The van der Waals surface area contributed by atoms with E-state index < -0.39 is 5.60 Å². The van der Waals surface area contributed by atoms with E-state index in [2.05, 4.69) is 24.1 Å². The van der Waals surface area contributed by atoms with Crippen LogP contribution in [-0.4, -0.2) is 49.5 Å². The molecule has 5 rings (SSSR count). The summed E-state index contributed by atoms with van der Waals surface area (Å²) in [5.41, 5.74) is 2.69. The first-order valence-electron chi connectivity index (χ1n) is 9.64. The zero-order valence-corrected chi connectivity index (χ0v) is 16.6. The molecule has 1 fully saturated rings. The number of rotatable bonds is 3. The minimum Gasteiger partial charge on any atom is -0.497 e. The third-order valence-corrected chi connectivity index (χ3v) is 6.92. The summed E-state index contributed by atoms with van der Waals surface area (Å²) in [5.74, 6) is 2.94. The summed E-state index contributed by atoms with van der Waals surface area (Å²) in [4.78, 5) is 2.43. The molecule has 0 amide bonds. The minimum atomic E-state index is -0.942. The van der Waals surface area contributed by atoms with E-state index in [1.165, 1.54) is 16.7 Å². The van der Waals surface area contributed by atoms with E-state index in [1.807, 2.05) is 19.9 Å². The average Bonchev–Trinajstić information content (AvgIpc) is 2.97. The molecule has 2 heterocycles. The van der Waals surface area contributed by atoms with Gasteiger partial charge in [-0.2, -0.15) is 0 Å². The number of allylic oxidation sites excluding steroid dienone is 1. The predicted octanol–water partition coefficient (Wildman–Crippen LogP) is 2.77. The Hall–Kier alpha value is -1.98. The lowest BCUT2D eigenvalue weighted by Gasteiger charge is -2.52. The Morgan fingerprint density at radius 3 is 2.70 bits per heavy atom. The SMILES string of the molecule is COC1=C2Oc3c(OC)ccc4c3[C@@]23CCN(C)[C@H](C4)C3=C[C@H]1C(C)(C)O. The highest BCUT2D eigenvalue weighted by Gasteiger charge is 2.61. The number of aliphatic hydroxyl groups is 1. The monoisotopic (exact) mass is 369 g/mol. The molecule has 5 heteroatoms. The van der Waals surface area contributed by atoms with Gasteiger partial charge in [0.2, 0.25) is 0 Å². The summed E-state index contributed by atoms with van der Waals surface area (Å²) in [6.45, 7) is 4.67. The maximum atomic E-state index is 10.9. The van der Waals surface area contributed by atoms with Gasteiger partial charge >= 0.3 is 0 Å². The number of ether oxygens (including phenoxy) is 3. The van der Waals surface area contributed by atoms with Crippen molar-refractivity contribution in [1.82, 2.24) is 4.90 Å². The molecule has 1 N–H and O–H groups in total. The topological polar surface area (TPSA) is 51.2 Å². The van der Waals surface area contributed by atoms with Crippen molar-refractivity contribution in [3.8, 4) is 11.5 Å². The van der Waals surface area contributed by atoms with E-state index >= 15 is 0 Å². The molecule has 4 aliphatic rings. The molecule has 1 aromatic carbocycles. The van der Waals surface area contributed by atoms with Crippen LogP contribution in [0.4, 0.5) is 0 Å². The van der Waals surface area contributed by atoms with Crippen LogP contribution in [0.5, 0.6) is 11.5 Å². The lowest BCUT2D eigenvalue weighted by Crippen LogP contribution is -2.56. The first-order chi connectivity index (χ1) is 12.8. The van der Waals surface area contributed by atoms with Gasteiger partial charge in [-0.3, -0.25) is 4.90 Å². The van der Waals surface area contributed by atoms with Crippen molar-refractivity contribution in [3.63, 3.8) is 0 Å². The summed E-state index contributed by atoms with van der Waals surface area (Å²) in [6, 6.07) is 4.50. The van der Waals surface area contributed by atoms with Gasteiger partial charge in [0.15, 0.2) is 17.3 Å². The number of hydrogen-bond donors (Lipinski definition) is 1. The fourth-order valence-electron chi connectivity index (χ4n) is 5.62.